The lowest BCUT2D eigenvalue weighted by atomic mass is 9.97. The quantitative estimate of drug-likeness (QED) is 0.527. The number of aryl methyl sites for hydroxylation is 1. The Morgan fingerprint density at radius 3 is 2.44 bits per heavy atom. The van der Waals surface area contributed by atoms with Gasteiger partial charge in [0.2, 0.25) is 0 Å². The van der Waals surface area contributed by atoms with Crippen LogP contribution in [-0.4, -0.2) is 0 Å². The van der Waals surface area contributed by atoms with Gasteiger partial charge in [0.15, 0.2) is 0 Å². The summed E-state index contributed by atoms with van der Waals surface area (Å²) in [6.45, 7) is 4.52. The van der Waals surface area contributed by atoms with Crippen molar-refractivity contribution in [3.8, 4) is 0 Å². The van der Waals surface area contributed by atoms with Gasteiger partial charge < -0.3 is 0 Å². The van der Waals surface area contributed by atoms with Crippen molar-refractivity contribution in [2.75, 3.05) is 0 Å². The summed E-state index contributed by atoms with van der Waals surface area (Å²) in [7, 11) is 0. The second-order valence-corrected chi connectivity index (χ2v) is 4.50. The van der Waals surface area contributed by atoms with Gasteiger partial charge in [0, 0.05) is 0 Å². The first-order chi connectivity index (χ1) is 7.88. The zero-order chi connectivity index (χ0) is 11.6. The molecule has 0 saturated carbocycles. The average Bonchev–Trinajstić information content (AvgIpc) is 2.33. The molecule has 16 heavy (non-hydrogen) atoms. The molecule has 89 valence electrons. The Labute approximate surface area is 101 Å². The summed E-state index contributed by atoms with van der Waals surface area (Å²) in [6, 6.07) is 8.85. The van der Waals surface area contributed by atoms with Crippen LogP contribution in [0.1, 0.15) is 63.5 Å². The van der Waals surface area contributed by atoms with E-state index in [4.69, 9.17) is 0 Å². The third kappa shape index (κ3) is 4.83. The lowest BCUT2D eigenvalue weighted by Gasteiger charge is -2.08. The second-order valence-electron chi connectivity index (χ2n) is 4.50. The minimum atomic E-state index is 1.23. The predicted molar refractivity (Wildman–Crippen MR) is 72.6 cm³/mol. The van der Waals surface area contributed by atoms with Crippen LogP contribution in [0.15, 0.2) is 24.3 Å². The van der Waals surface area contributed by atoms with Crippen molar-refractivity contribution in [1.29, 1.82) is 0 Å². The first-order valence-electron chi connectivity index (χ1n) is 6.79. The van der Waals surface area contributed by atoms with E-state index in [0.29, 0.717) is 0 Å². The first-order valence-corrected chi connectivity index (χ1v) is 6.79. The maximum absolute atomic E-state index is 2.42. The number of hydrogen-bond donors (Lipinski definition) is 0. The van der Waals surface area contributed by atoms with E-state index in [1.54, 1.807) is 0 Å². The highest BCUT2D eigenvalue weighted by molar-refractivity contribution is 5.32. The fourth-order valence-electron chi connectivity index (χ4n) is 1.98. The number of benzene rings is 1. The Balaban J connectivity index is 2.43. The predicted octanol–water partition coefficient (Wildman–Crippen LogP) is 5.16. The Morgan fingerprint density at radius 1 is 0.938 bits per heavy atom. The molecule has 0 amide bonds. The Kier molecular flexibility index (Phi) is 6.96. The standard InChI is InChI=1S/C16H25/c1-3-5-7-8-12-16-14-10-9-13-15(16)11-6-4-2/h9-10,12-14H,3-8,11H2,1-2H3. The van der Waals surface area contributed by atoms with Crippen molar-refractivity contribution in [3.63, 3.8) is 0 Å². The minimum absolute atomic E-state index is 1.23. The molecular weight excluding hydrogens is 192 g/mol. The molecule has 1 radical (unpaired) electrons. The molecule has 0 nitrogen and oxygen atoms in total. The molecule has 1 aromatic rings. The minimum Gasteiger partial charge on any atom is -0.0654 e. The molecule has 0 aliphatic heterocycles. The van der Waals surface area contributed by atoms with Gasteiger partial charge in [-0.15, -0.1) is 0 Å². The van der Waals surface area contributed by atoms with Crippen LogP contribution >= 0.6 is 0 Å². The largest absolute Gasteiger partial charge is 0.0654 e. The molecule has 0 spiro atoms. The highest BCUT2D eigenvalue weighted by atomic mass is 14.1. The normalized spacial score (nSPS) is 10.6. The summed E-state index contributed by atoms with van der Waals surface area (Å²) in [5.41, 5.74) is 2.99. The van der Waals surface area contributed by atoms with Gasteiger partial charge in [-0.25, -0.2) is 0 Å². The van der Waals surface area contributed by atoms with Gasteiger partial charge in [0.05, 0.1) is 0 Å². The van der Waals surface area contributed by atoms with Crippen LogP contribution in [0.4, 0.5) is 0 Å². The second kappa shape index (κ2) is 8.38. The summed E-state index contributed by atoms with van der Waals surface area (Å²) in [4.78, 5) is 0. The maximum Gasteiger partial charge on any atom is -0.00903 e. The Bertz CT molecular complexity index is 275. The van der Waals surface area contributed by atoms with Crippen LogP contribution in [-0.2, 0) is 6.42 Å². The molecule has 0 saturated heterocycles. The zero-order valence-electron chi connectivity index (χ0n) is 10.8. The van der Waals surface area contributed by atoms with E-state index in [1.807, 2.05) is 0 Å². The van der Waals surface area contributed by atoms with Gasteiger partial charge in [-0.05, 0) is 36.8 Å². The van der Waals surface area contributed by atoms with Crippen molar-refractivity contribution in [2.24, 2.45) is 0 Å². The fraction of sp³-hybridized carbons (Fsp3) is 0.562. The third-order valence-corrected chi connectivity index (χ3v) is 3.03. The first kappa shape index (κ1) is 13.3. The summed E-state index contributed by atoms with van der Waals surface area (Å²) >= 11 is 0. The molecule has 1 aromatic carbocycles. The summed E-state index contributed by atoms with van der Waals surface area (Å²) in [5.74, 6) is 0. The number of rotatable bonds is 8. The van der Waals surface area contributed by atoms with Crippen LogP contribution in [0, 0.1) is 6.42 Å². The van der Waals surface area contributed by atoms with Crippen molar-refractivity contribution < 1.29 is 0 Å². The van der Waals surface area contributed by atoms with E-state index in [9.17, 15) is 0 Å². The molecule has 0 bridgehead atoms. The summed E-state index contributed by atoms with van der Waals surface area (Å²) < 4.78 is 0. The molecule has 0 heterocycles. The highest BCUT2D eigenvalue weighted by Gasteiger charge is 2.01. The van der Waals surface area contributed by atoms with E-state index in [2.05, 4.69) is 44.5 Å². The zero-order valence-corrected chi connectivity index (χ0v) is 10.8. The summed E-state index contributed by atoms with van der Waals surface area (Å²) in [5, 5.41) is 0. The van der Waals surface area contributed by atoms with Crippen molar-refractivity contribution in [3.05, 3.63) is 41.8 Å². The molecule has 0 aliphatic carbocycles. The average molecular weight is 217 g/mol. The number of hydrogen-bond acceptors (Lipinski definition) is 0. The molecule has 0 heteroatoms. The van der Waals surface area contributed by atoms with Crippen LogP contribution < -0.4 is 0 Å². The molecule has 0 atom stereocenters. The van der Waals surface area contributed by atoms with Crippen molar-refractivity contribution in [1.82, 2.24) is 0 Å². The third-order valence-electron chi connectivity index (χ3n) is 3.03. The van der Waals surface area contributed by atoms with Gasteiger partial charge in [0.25, 0.3) is 0 Å². The highest BCUT2D eigenvalue weighted by Crippen LogP contribution is 2.17. The molecule has 0 aliphatic rings. The van der Waals surface area contributed by atoms with Crippen LogP contribution in [0.5, 0.6) is 0 Å². The molecule has 0 N–H and O–H groups in total. The Hall–Kier alpha value is -0.780. The van der Waals surface area contributed by atoms with Crippen LogP contribution in [0.2, 0.25) is 0 Å². The lowest BCUT2D eigenvalue weighted by molar-refractivity contribution is 0.712. The van der Waals surface area contributed by atoms with E-state index in [1.165, 1.54) is 56.1 Å². The van der Waals surface area contributed by atoms with Crippen molar-refractivity contribution >= 4 is 0 Å². The molecule has 0 aromatic heterocycles. The molecular formula is C16H25. The van der Waals surface area contributed by atoms with Crippen LogP contribution in [0.25, 0.3) is 0 Å². The fourth-order valence-corrected chi connectivity index (χ4v) is 1.98. The van der Waals surface area contributed by atoms with E-state index in [-0.39, 0.29) is 0 Å². The van der Waals surface area contributed by atoms with Gasteiger partial charge in [-0.1, -0.05) is 63.8 Å². The van der Waals surface area contributed by atoms with Gasteiger partial charge in [0.1, 0.15) is 0 Å². The summed E-state index contributed by atoms with van der Waals surface area (Å²) in [6.07, 6.45) is 11.5. The van der Waals surface area contributed by atoms with E-state index >= 15 is 0 Å². The van der Waals surface area contributed by atoms with Crippen molar-refractivity contribution in [2.45, 2.75) is 58.8 Å². The molecule has 1 rings (SSSR count). The molecule has 0 fully saturated rings. The SMILES string of the molecule is CCCCC[CH]c1ccccc1CCCC. The van der Waals surface area contributed by atoms with Gasteiger partial charge >= 0.3 is 0 Å². The number of unbranched alkanes of at least 4 members (excludes halogenated alkanes) is 4. The topological polar surface area (TPSA) is 0 Å². The van der Waals surface area contributed by atoms with E-state index < -0.39 is 0 Å². The Morgan fingerprint density at radius 2 is 1.69 bits per heavy atom. The van der Waals surface area contributed by atoms with Gasteiger partial charge in [-0.2, -0.15) is 0 Å². The van der Waals surface area contributed by atoms with Crippen LogP contribution in [0.3, 0.4) is 0 Å². The van der Waals surface area contributed by atoms with Gasteiger partial charge in [-0.3, -0.25) is 0 Å². The lowest BCUT2D eigenvalue weighted by Crippen LogP contribution is -1.93. The maximum atomic E-state index is 2.42. The smallest absolute Gasteiger partial charge is 0.00903 e. The van der Waals surface area contributed by atoms with E-state index in [0.717, 1.165) is 0 Å². The monoisotopic (exact) mass is 217 g/mol. The molecule has 0 unspecified atom stereocenters.